The summed E-state index contributed by atoms with van der Waals surface area (Å²) in [7, 11) is 0. The molecule has 1 heterocycles. The average Bonchev–Trinajstić information content (AvgIpc) is 2.49. The number of hydrogen-bond acceptors (Lipinski definition) is 4. The van der Waals surface area contributed by atoms with Crippen molar-refractivity contribution in [3.8, 4) is 0 Å². The van der Waals surface area contributed by atoms with Gasteiger partial charge in [0.1, 0.15) is 10.3 Å². The molecule has 0 aromatic carbocycles. The third kappa shape index (κ3) is 6.83. The zero-order valence-corrected chi connectivity index (χ0v) is 17.8. The Labute approximate surface area is 157 Å². The normalized spacial score (nSPS) is 19.6. The first-order valence-corrected chi connectivity index (χ1v) is 10.2. The van der Waals surface area contributed by atoms with Crippen LogP contribution in [0.25, 0.3) is 0 Å². The summed E-state index contributed by atoms with van der Waals surface area (Å²) in [4.78, 5) is 14.0. The number of carbonyl (C=O) groups is 1. The third-order valence-corrected chi connectivity index (χ3v) is 6.33. The molecule has 1 rings (SSSR count). The molecule has 0 spiro atoms. The van der Waals surface area contributed by atoms with E-state index in [9.17, 15) is 9.35 Å². The minimum Gasteiger partial charge on any atom is -0.597 e. The highest BCUT2D eigenvalue weighted by molar-refractivity contribution is 7.90. The quantitative estimate of drug-likeness (QED) is 0.541. The minimum atomic E-state index is -1.08. The van der Waals surface area contributed by atoms with Gasteiger partial charge in [0.2, 0.25) is 0 Å². The maximum absolute atomic E-state index is 12.9. The van der Waals surface area contributed by atoms with E-state index in [-0.39, 0.29) is 16.9 Å². The van der Waals surface area contributed by atoms with Gasteiger partial charge in [-0.25, -0.2) is 4.79 Å². The lowest BCUT2D eigenvalue weighted by atomic mass is 9.90. The van der Waals surface area contributed by atoms with Crippen molar-refractivity contribution < 1.29 is 14.1 Å². The maximum atomic E-state index is 12.9. The SMILES string of the molecule is C=CCN(C(C)C1CCN(C(=O)OC(C)(C)C)CC1)[S+]([O-])C(C)(C)C. The summed E-state index contributed by atoms with van der Waals surface area (Å²) >= 11 is -1.08. The van der Waals surface area contributed by atoms with Crippen LogP contribution in [0.4, 0.5) is 4.79 Å². The van der Waals surface area contributed by atoms with Crippen LogP contribution in [0.15, 0.2) is 12.7 Å². The molecule has 0 saturated carbocycles. The number of carbonyl (C=O) groups excluding carboxylic acids is 1. The van der Waals surface area contributed by atoms with Gasteiger partial charge >= 0.3 is 6.09 Å². The summed E-state index contributed by atoms with van der Waals surface area (Å²) in [6, 6.07) is 0.179. The van der Waals surface area contributed by atoms with E-state index in [4.69, 9.17) is 4.74 Å². The second-order valence-electron chi connectivity index (χ2n) is 8.80. The summed E-state index contributed by atoms with van der Waals surface area (Å²) in [5.41, 5.74) is -0.467. The standard InChI is InChI=1S/C19H36N2O3S/c1-9-12-21(25(23)19(6,7)8)15(2)16-10-13-20(14-11-16)17(22)24-18(3,4)5/h9,15-16H,1,10-14H2,2-8H3. The maximum Gasteiger partial charge on any atom is 0.410 e. The van der Waals surface area contributed by atoms with E-state index in [1.165, 1.54) is 0 Å². The molecule has 25 heavy (non-hydrogen) atoms. The highest BCUT2D eigenvalue weighted by Gasteiger charge is 2.39. The minimum absolute atomic E-state index is 0.179. The van der Waals surface area contributed by atoms with E-state index in [1.807, 2.05) is 51.9 Å². The molecule has 146 valence electrons. The third-order valence-electron chi connectivity index (χ3n) is 4.37. The van der Waals surface area contributed by atoms with Crippen molar-refractivity contribution >= 4 is 17.5 Å². The first-order valence-electron chi connectivity index (χ1n) is 9.14. The van der Waals surface area contributed by atoms with Gasteiger partial charge in [-0.2, -0.15) is 0 Å². The molecule has 0 radical (unpaired) electrons. The highest BCUT2D eigenvalue weighted by atomic mass is 32.2. The number of hydrogen-bond donors (Lipinski definition) is 0. The Balaban J connectivity index is 2.67. The van der Waals surface area contributed by atoms with Crippen molar-refractivity contribution in [3.63, 3.8) is 0 Å². The van der Waals surface area contributed by atoms with Gasteiger partial charge < -0.3 is 14.2 Å². The fraction of sp³-hybridized carbons (Fsp3) is 0.842. The van der Waals surface area contributed by atoms with Crippen molar-refractivity contribution in [3.05, 3.63) is 12.7 Å². The fourth-order valence-electron chi connectivity index (χ4n) is 2.99. The molecule has 1 aliphatic heterocycles. The van der Waals surface area contributed by atoms with Crippen LogP contribution in [0.2, 0.25) is 0 Å². The van der Waals surface area contributed by atoms with E-state index in [0.717, 1.165) is 12.8 Å². The Morgan fingerprint density at radius 2 is 1.84 bits per heavy atom. The summed E-state index contributed by atoms with van der Waals surface area (Å²) in [6.07, 6.45) is 3.38. The van der Waals surface area contributed by atoms with E-state index in [1.54, 1.807) is 4.90 Å². The van der Waals surface area contributed by atoms with E-state index in [0.29, 0.717) is 25.6 Å². The van der Waals surface area contributed by atoms with Gasteiger partial charge in [0.15, 0.2) is 0 Å². The van der Waals surface area contributed by atoms with Crippen LogP contribution in [0, 0.1) is 5.92 Å². The topological polar surface area (TPSA) is 55.8 Å². The largest absolute Gasteiger partial charge is 0.597 e. The molecule has 0 aromatic rings. The van der Waals surface area contributed by atoms with Gasteiger partial charge in [-0.1, -0.05) is 6.08 Å². The summed E-state index contributed by atoms with van der Waals surface area (Å²) in [5, 5.41) is 0. The molecule has 0 aliphatic carbocycles. The highest BCUT2D eigenvalue weighted by Crippen LogP contribution is 2.30. The first kappa shape index (κ1) is 22.3. The molecule has 0 bridgehead atoms. The first-order chi connectivity index (χ1) is 11.4. The van der Waals surface area contributed by atoms with Gasteiger partial charge in [0.05, 0.1) is 12.6 Å². The van der Waals surface area contributed by atoms with Crippen LogP contribution in [0.5, 0.6) is 0 Å². The van der Waals surface area contributed by atoms with Crippen molar-refractivity contribution in [2.24, 2.45) is 5.92 Å². The lowest BCUT2D eigenvalue weighted by Crippen LogP contribution is -2.52. The molecule has 5 nitrogen and oxygen atoms in total. The van der Waals surface area contributed by atoms with E-state index < -0.39 is 17.0 Å². The van der Waals surface area contributed by atoms with E-state index >= 15 is 0 Å². The van der Waals surface area contributed by atoms with Crippen molar-refractivity contribution in [1.82, 2.24) is 9.21 Å². The van der Waals surface area contributed by atoms with Crippen molar-refractivity contribution in [2.75, 3.05) is 19.6 Å². The molecule has 1 fully saturated rings. The molecular formula is C19H36N2O3S. The van der Waals surface area contributed by atoms with Crippen molar-refractivity contribution in [2.45, 2.75) is 77.7 Å². The molecule has 2 unspecified atom stereocenters. The Hall–Kier alpha value is -0.720. The van der Waals surface area contributed by atoms with Gasteiger partial charge in [-0.3, -0.25) is 0 Å². The van der Waals surface area contributed by atoms with Crippen LogP contribution in [-0.4, -0.2) is 55.9 Å². The molecule has 0 N–H and O–H groups in total. The van der Waals surface area contributed by atoms with Gasteiger partial charge in [0, 0.05) is 24.5 Å². The van der Waals surface area contributed by atoms with Gasteiger partial charge in [0.25, 0.3) is 0 Å². The zero-order chi connectivity index (χ0) is 19.4. The van der Waals surface area contributed by atoms with E-state index in [2.05, 4.69) is 13.5 Å². The number of ether oxygens (including phenoxy) is 1. The summed E-state index contributed by atoms with van der Waals surface area (Å²) in [5.74, 6) is 0.407. The second-order valence-corrected chi connectivity index (χ2v) is 11.0. The Bertz CT molecular complexity index is 449. The monoisotopic (exact) mass is 372 g/mol. The zero-order valence-electron chi connectivity index (χ0n) is 17.0. The average molecular weight is 373 g/mol. The van der Waals surface area contributed by atoms with Gasteiger partial charge in [-0.05, 0) is 67.2 Å². The van der Waals surface area contributed by atoms with Crippen LogP contribution in [-0.2, 0) is 16.1 Å². The number of likely N-dealkylation sites (tertiary alicyclic amines) is 1. The van der Waals surface area contributed by atoms with Crippen LogP contribution in [0.3, 0.4) is 0 Å². The number of amides is 1. The van der Waals surface area contributed by atoms with Crippen molar-refractivity contribution in [1.29, 1.82) is 0 Å². The molecule has 2 atom stereocenters. The molecule has 1 saturated heterocycles. The number of nitrogens with zero attached hydrogens (tertiary/aromatic N) is 2. The predicted octanol–water partition coefficient (Wildman–Crippen LogP) is 3.97. The number of piperidine rings is 1. The lowest BCUT2D eigenvalue weighted by Gasteiger charge is -2.41. The van der Waals surface area contributed by atoms with Crippen LogP contribution < -0.4 is 0 Å². The molecule has 6 heteroatoms. The second kappa shape index (κ2) is 8.78. The summed E-state index contributed by atoms with van der Waals surface area (Å²) in [6.45, 7) is 19.6. The fourth-order valence-corrected chi connectivity index (χ4v) is 4.41. The predicted molar refractivity (Wildman–Crippen MR) is 105 cm³/mol. The summed E-state index contributed by atoms with van der Waals surface area (Å²) < 4.78 is 20.1. The number of rotatable bonds is 5. The molecule has 1 amide bonds. The Morgan fingerprint density at radius 3 is 2.24 bits per heavy atom. The molecule has 1 aliphatic rings. The van der Waals surface area contributed by atoms with Crippen LogP contribution >= 0.6 is 0 Å². The lowest BCUT2D eigenvalue weighted by molar-refractivity contribution is 0.0159. The van der Waals surface area contributed by atoms with Gasteiger partial charge in [-0.15, -0.1) is 10.9 Å². The Morgan fingerprint density at radius 1 is 1.32 bits per heavy atom. The Kier molecular flexibility index (Phi) is 7.84. The smallest absolute Gasteiger partial charge is 0.410 e. The molecule has 0 aromatic heterocycles. The molecular weight excluding hydrogens is 336 g/mol. The van der Waals surface area contributed by atoms with Crippen LogP contribution in [0.1, 0.15) is 61.3 Å².